The van der Waals surface area contributed by atoms with Crippen LogP contribution in [0.15, 0.2) is 206 Å². The molecular formula is C54H34BNO. The molecule has 12 rings (SSSR count). The molecule has 264 valence electrons. The van der Waals surface area contributed by atoms with Gasteiger partial charge in [-0.2, -0.15) is 0 Å². The molecule has 0 saturated carbocycles. The summed E-state index contributed by atoms with van der Waals surface area (Å²) in [6.07, 6.45) is 0. The summed E-state index contributed by atoms with van der Waals surface area (Å²) in [6.45, 7) is -0.0441. The van der Waals surface area contributed by atoms with Gasteiger partial charge in [-0.1, -0.05) is 170 Å². The van der Waals surface area contributed by atoms with Crippen molar-refractivity contribution in [1.82, 2.24) is 4.57 Å². The summed E-state index contributed by atoms with van der Waals surface area (Å²) in [4.78, 5) is 0. The molecule has 0 amide bonds. The SMILES string of the molecule is c1ccc(-c2ccc3c(c2)B2c4c(cc(-c5ccccc5-c5ccccc5)cc4-n4c5ccc(-c6ccccc6)cc5c5cc(-c6ccccc6)cc2c54)O3)cc1. The molecule has 0 spiro atoms. The second-order valence-electron chi connectivity index (χ2n) is 15.2. The Bertz CT molecular complexity index is 3190. The molecule has 9 aromatic carbocycles. The maximum atomic E-state index is 7.10. The van der Waals surface area contributed by atoms with Crippen molar-refractivity contribution in [2.45, 2.75) is 0 Å². The zero-order chi connectivity index (χ0) is 37.5. The summed E-state index contributed by atoms with van der Waals surface area (Å²) in [5.41, 5.74) is 19.2. The molecule has 1 aromatic heterocycles. The normalized spacial score (nSPS) is 12.3. The zero-order valence-electron chi connectivity index (χ0n) is 31.1. The lowest BCUT2D eigenvalue weighted by molar-refractivity contribution is 0.487. The Morgan fingerprint density at radius 1 is 0.351 bits per heavy atom. The van der Waals surface area contributed by atoms with E-state index >= 15 is 0 Å². The van der Waals surface area contributed by atoms with Crippen LogP contribution in [0.1, 0.15) is 0 Å². The maximum Gasteiger partial charge on any atom is 0.256 e. The van der Waals surface area contributed by atoms with E-state index in [9.17, 15) is 0 Å². The molecule has 0 fully saturated rings. The number of hydrogen-bond acceptors (Lipinski definition) is 1. The lowest BCUT2D eigenvalue weighted by Crippen LogP contribution is -2.58. The first-order valence-electron chi connectivity index (χ1n) is 19.7. The van der Waals surface area contributed by atoms with Crippen molar-refractivity contribution in [3.8, 4) is 72.8 Å². The molecule has 3 heteroatoms. The minimum Gasteiger partial charge on any atom is -0.458 e. The third-order valence-corrected chi connectivity index (χ3v) is 12.0. The van der Waals surface area contributed by atoms with Crippen LogP contribution >= 0.6 is 0 Å². The zero-order valence-corrected chi connectivity index (χ0v) is 31.1. The largest absolute Gasteiger partial charge is 0.458 e. The van der Waals surface area contributed by atoms with Crippen LogP contribution in [0.4, 0.5) is 0 Å². The highest BCUT2D eigenvalue weighted by Crippen LogP contribution is 2.43. The Balaban J connectivity index is 1.20. The highest BCUT2D eigenvalue weighted by molar-refractivity contribution is 6.99. The van der Waals surface area contributed by atoms with E-state index in [2.05, 4.69) is 211 Å². The molecule has 0 aliphatic carbocycles. The molecule has 2 nitrogen and oxygen atoms in total. The molecule has 0 atom stereocenters. The van der Waals surface area contributed by atoms with Crippen molar-refractivity contribution < 1.29 is 4.74 Å². The van der Waals surface area contributed by atoms with Gasteiger partial charge in [0, 0.05) is 22.0 Å². The van der Waals surface area contributed by atoms with Crippen LogP contribution < -0.4 is 21.1 Å². The molecule has 2 aliphatic heterocycles. The second kappa shape index (κ2) is 12.6. The molecule has 0 saturated heterocycles. The lowest BCUT2D eigenvalue weighted by Gasteiger charge is -2.34. The van der Waals surface area contributed by atoms with E-state index < -0.39 is 0 Å². The smallest absolute Gasteiger partial charge is 0.256 e. The fourth-order valence-corrected chi connectivity index (χ4v) is 9.46. The Labute approximate surface area is 332 Å². The predicted octanol–water partition coefficient (Wildman–Crippen LogP) is 12.1. The first-order chi connectivity index (χ1) is 28.3. The minimum absolute atomic E-state index is 0.0441. The first-order valence-corrected chi connectivity index (χ1v) is 19.7. The quantitative estimate of drug-likeness (QED) is 0.161. The highest BCUT2D eigenvalue weighted by atomic mass is 16.5. The highest BCUT2D eigenvalue weighted by Gasteiger charge is 2.41. The third-order valence-electron chi connectivity index (χ3n) is 12.0. The van der Waals surface area contributed by atoms with E-state index in [-0.39, 0.29) is 6.71 Å². The van der Waals surface area contributed by atoms with Crippen molar-refractivity contribution in [3.05, 3.63) is 206 Å². The number of benzene rings is 9. The summed E-state index contributed by atoms with van der Waals surface area (Å²) in [6, 6.07) is 75.0. The number of nitrogens with zero attached hydrogens (tertiary/aromatic N) is 1. The Hall–Kier alpha value is -7.36. The van der Waals surface area contributed by atoms with Gasteiger partial charge in [0.2, 0.25) is 0 Å². The Kier molecular flexibility index (Phi) is 7.06. The molecule has 0 radical (unpaired) electrons. The second-order valence-corrected chi connectivity index (χ2v) is 15.2. The van der Waals surface area contributed by atoms with Gasteiger partial charge in [0.1, 0.15) is 11.5 Å². The van der Waals surface area contributed by atoms with E-state index in [0.29, 0.717) is 0 Å². The topological polar surface area (TPSA) is 14.2 Å². The monoisotopic (exact) mass is 723 g/mol. The van der Waals surface area contributed by atoms with Crippen LogP contribution in [0.3, 0.4) is 0 Å². The van der Waals surface area contributed by atoms with Gasteiger partial charge in [-0.05, 0) is 108 Å². The van der Waals surface area contributed by atoms with Crippen molar-refractivity contribution in [1.29, 1.82) is 0 Å². The van der Waals surface area contributed by atoms with Crippen molar-refractivity contribution in [3.63, 3.8) is 0 Å². The fourth-order valence-electron chi connectivity index (χ4n) is 9.46. The number of rotatable bonds is 5. The van der Waals surface area contributed by atoms with Crippen LogP contribution in [0.2, 0.25) is 0 Å². The van der Waals surface area contributed by atoms with E-state index in [1.54, 1.807) is 0 Å². The number of fused-ring (bicyclic) bond motifs is 7. The van der Waals surface area contributed by atoms with Crippen LogP contribution in [0.25, 0.3) is 83.1 Å². The molecule has 0 N–H and O–H groups in total. The van der Waals surface area contributed by atoms with Gasteiger partial charge in [0.15, 0.2) is 0 Å². The Morgan fingerprint density at radius 3 is 1.54 bits per heavy atom. The predicted molar refractivity (Wildman–Crippen MR) is 239 cm³/mol. The van der Waals surface area contributed by atoms with Gasteiger partial charge in [-0.15, -0.1) is 0 Å². The average molecular weight is 724 g/mol. The molecule has 0 bridgehead atoms. The number of aromatic nitrogens is 1. The van der Waals surface area contributed by atoms with Gasteiger partial charge in [0.05, 0.1) is 5.52 Å². The van der Waals surface area contributed by atoms with Crippen LogP contribution in [0.5, 0.6) is 11.5 Å². The number of ether oxygens (including phenoxy) is 1. The van der Waals surface area contributed by atoms with Gasteiger partial charge < -0.3 is 9.30 Å². The van der Waals surface area contributed by atoms with Gasteiger partial charge in [0.25, 0.3) is 6.71 Å². The standard InChI is InChI=1S/C54H34BNO/c1-5-15-35(16-6-1)39-25-27-49-45(29-39)46-30-41(37-19-9-3-10-20-37)32-48-54(46)56(49)50-33-42(44-24-14-13-23-43(44)38-21-11-4-12-22-38)34-52-53(50)55(48)47-31-40(26-28-51(47)57-52)36-17-7-2-8-18-36/h1-34H. The molecular weight excluding hydrogens is 689 g/mol. The first kappa shape index (κ1) is 31.9. The summed E-state index contributed by atoms with van der Waals surface area (Å²) in [7, 11) is 0. The van der Waals surface area contributed by atoms with Crippen LogP contribution in [0, 0.1) is 0 Å². The summed E-state index contributed by atoms with van der Waals surface area (Å²) >= 11 is 0. The van der Waals surface area contributed by atoms with E-state index in [4.69, 9.17) is 4.74 Å². The maximum absolute atomic E-state index is 7.10. The van der Waals surface area contributed by atoms with E-state index in [1.165, 1.54) is 94.0 Å². The minimum atomic E-state index is -0.0441. The fraction of sp³-hybridized carbons (Fsp3) is 0. The molecule has 3 heterocycles. The molecule has 0 unspecified atom stereocenters. The molecule has 57 heavy (non-hydrogen) atoms. The van der Waals surface area contributed by atoms with Crippen LogP contribution in [-0.2, 0) is 0 Å². The van der Waals surface area contributed by atoms with Gasteiger partial charge in [-0.25, -0.2) is 0 Å². The Morgan fingerprint density at radius 2 is 0.877 bits per heavy atom. The van der Waals surface area contributed by atoms with Crippen molar-refractivity contribution >= 4 is 44.9 Å². The summed E-state index contributed by atoms with van der Waals surface area (Å²) in [5.74, 6) is 1.81. The lowest BCUT2D eigenvalue weighted by atomic mass is 9.34. The molecule has 2 aliphatic rings. The van der Waals surface area contributed by atoms with Gasteiger partial charge >= 0.3 is 0 Å². The summed E-state index contributed by atoms with van der Waals surface area (Å²) in [5, 5.41) is 2.50. The van der Waals surface area contributed by atoms with E-state index in [1.807, 2.05) is 0 Å². The van der Waals surface area contributed by atoms with Crippen molar-refractivity contribution in [2.24, 2.45) is 0 Å². The summed E-state index contributed by atoms with van der Waals surface area (Å²) < 4.78 is 9.63. The van der Waals surface area contributed by atoms with Crippen LogP contribution in [-0.4, -0.2) is 11.3 Å². The number of hydrogen-bond donors (Lipinski definition) is 0. The average Bonchev–Trinajstić information content (AvgIpc) is 3.62. The van der Waals surface area contributed by atoms with Gasteiger partial charge in [-0.3, -0.25) is 0 Å². The third kappa shape index (κ3) is 4.99. The van der Waals surface area contributed by atoms with E-state index in [0.717, 1.165) is 17.1 Å². The van der Waals surface area contributed by atoms with Crippen molar-refractivity contribution in [2.75, 3.05) is 0 Å². The molecule has 10 aromatic rings.